The van der Waals surface area contributed by atoms with Gasteiger partial charge < -0.3 is 19.1 Å². The summed E-state index contributed by atoms with van der Waals surface area (Å²) in [6.07, 6.45) is 2.94. The van der Waals surface area contributed by atoms with Crippen molar-refractivity contribution in [2.75, 3.05) is 48.5 Å². The van der Waals surface area contributed by atoms with Crippen molar-refractivity contribution < 1.29 is 19.0 Å². The molecule has 6 nitrogen and oxygen atoms in total. The van der Waals surface area contributed by atoms with Crippen LogP contribution in [0.15, 0.2) is 48.5 Å². The smallest absolute Gasteiger partial charge is 0.244 e. The highest BCUT2D eigenvalue weighted by molar-refractivity contribution is 5.83. The molecule has 0 aromatic heterocycles. The maximum absolute atomic E-state index is 13.0. The molecule has 0 aliphatic carbocycles. The van der Waals surface area contributed by atoms with Crippen LogP contribution in [0.25, 0.3) is 5.57 Å². The van der Waals surface area contributed by atoms with Crippen LogP contribution in [0.3, 0.4) is 0 Å². The van der Waals surface area contributed by atoms with Gasteiger partial charge in [-0.1, -0.05) is 36.4 Å². The quantitative estimate of drug-likeness (QED) is 0.698. The van der Waals surface area contributed by atoms with Gasteiger partial charge >= 0.3 is 0 Å². The van der Waals surface area contributed by atoms with Crippen LogP contribution in [0.5, 0.6) is 17.2 Å². The van der Waals surface area contributed by atoms with E-state index in [0.717, 1.165) is 41.2 Å². The average Bonchev–Trinajstić information content (AvgIpc) is 2.79. The predicted octanol–water partition coefficient (Wildman–Crippen LogP) is 3.63. The molecule has 0 saturated heterocycles. The monoisotopic (exact) mass is 410 g/mol. The number of benzene rings is 2. The van der Waals surface area contributed by atoms with Crippen molar-refractivity contribution in [3.05, 3.63) is 59.7 Å². The molecule has 1 amide bonds. The molecule has 1 aliphatic rings. The fraction of sp³-hybridized carbons (Fsp3) is 0.375. The number of methoxy groups -OCH3 is 3. The zero-order valence-electron chi connectivity index (χ0n) is 18.3. The van der Waals surface area contributed by atoms with E-state index < -0.39 is 0 Å². The molecular weight excluding hydrogens is 380 g/mol. The SMILES string of the molecule is COc1cc(OC)c(C2=CCN(C(C(=O)N(C)C)c3ccccc3)CC2)c(OC)c1. The maximum Gasteiger partial charge on any atom is 0.244 e. The number of carbonyl (C=O) groups is 1. The lowest BCUT2D eigenvalue weighted by Gasteiger charge is -2.35. The topological polar surface area (TPSA) is 51.2 Å². The summed E-state index contributed by atoms with van der Waals surface area (Å²) in [5.41, 5.74) is 3.09. The molecule has 1 aliphatic heterocycles. The summed E-state index contributed by atoms with van der Waals surface area (Å²) in [7, 11) is 8.52. The van der Waals surface area contributed by atoms with Crippen LogP contribution in [0.1, 0.15) is 23.6 Å². The van der Waals surface area contributed by atoms with Gasteiger partial charge in [-0.2, -0.15) is 0 Å². The Hall–Kier alpha value is -2.99. The van der Waals surface area contributed by atoms with Crippen molar-refractivity contribution in [3.63, 3.8) is 0 Å². The van der Waals surface area contributed by atoms with Gasteiger partial charge in [0.05, 0.1) is 26.9 Å². The second-order valence-electron chi connectivity index (χ2n) is 7.43. The zero-order chi connectivity index (χ0) is 21.7. The van der Waals surface area contributed by atoms with Gasteiger partial charge in [-0.25, -0.2) is 0 Å². The van der Waals surface area contributed by atoms with Crippen LogP contribution in [0, 0.1) is 0 Å². The minimum absolute atomic E-state index is 0.0812. The molecular formula is C24H30N2O4. The molecule has 0 spiro atoms. The fourth-order valence-electron chi connectivity index (χ4n) is 3.86. The molecule has 160 valence electrons. The Morgan fingerprint density at radius 2 is 1.63 bits per heavy atom. The van der Waals surface area contributed by atoms with Gasteiger partial charge in [-0.15, -0.1) is 0 Å². The molecule has 30 heavy (non-hydrogen) atoms. The number of ether oxygens (including phenoxy) is 3. The Morgan fingerprint density at radius 1 is 1.00 bits per heavy atom. The van der Waals surface area contributed by atoms with Gasteiger partial charge in [0.25, 0.3) is 0 Å². The standard InChI is InChI=1S/C24H30N2O4/c1-25(2)24(27)23(18-9-7-6-8-10-18)26-13-11-17(12-14-26)22-20(29-4)15-19(28-3)16-21(22)30-5/h6-11,15-16,23H,12-14H2,1-5H3. The highest BCUT2D eigenvalue weighted by Gasteiger charge is 2.31. The van der Waals surface area contributed by atoms with E-state index in [2.05, 4.69) is 11.0 Å². The number of nitrogens with zero attached hydrogens (tertiary/aromatic N) is 2. The fourth-order valence-corrected chi connectivity index (χ4v) is 3.86. The molecule has 1 atom stereocenters. The molecule has 0 fully saturated rings. The van der Waals surface area contributed by atoms with E-state index in [1.54, 1.807) is 40.3 Å². The first-order valence-electron chi connectivity index (χ1n) is 9.99. The minimum Gasteiger partial charge on any atom is -0.496 e. The molecule has 1 heterocycles. The summed E-state index contributed by atoms with van der Waals surface area (Å²) in [6.45, 7) is 1.41. The van der Waals surface area contributed by atoms with Gasteiger partial charge in [0.15, 0.2) is 0 Å². The second-order valence-corrected chi connectivity index (χ2v) is 7.43. The van der Waals surface area contributed by atoms with Crippen LogP contribution in [0.2, 0.25) is 0 Å². The van der Waals surface area contributed by atoms with Gasteiger partial charge in [0.2, 0.25) is 5.91 Å². The lowest BCUT2D eigenvalue weighted by molar-refractivity contribution is -0.134. The van der Waals surface area contributed by atoms with Gasteiger partial charge in [-0.3, -0.25) is 9.69 Å². The van der Waals surface area contributed by atoms with Crippen LogP contribution >= 0.6 is 0 Å². The number of hydrogen-bond acceptors (Lipinski definition) is 5. The molecule has 0 N–H and O–H groups in total. The number of amides is 1. The number of likely N-dealkylation sites (N-methyl/N-ethyl adjacent to an activating group) is 1. The van der Waals surface area contributed by atoms with Crippen LogP contribution < -0.4 is 14.2 Å². The van der Waals surface area contributed by atoms with E-state index in [-0.39, 0.29) is 11.9 Å². The normalized spacial score (nSPS) is 15.2. The van der Waals surface area contributed by atoms with E-state index >= 15 is 0 Å². The van der Waals surface area contributed by atoms with Crippen LogP contribution in [0.4, 0.5) is 0 Å². The predicted molar refractivity (Wildman–Crippen MR) is 118 cm³/mol. The first-order chi connectivity index (χ1) is 14.5. The second kappa shape index (κ2) is 9.67. The molecule has 3 rings (SSSR count). The zero-order valence-corrected chi connectivity index (χ0v) is 18.3. The number of hydrogen-bond donors (Lipinski definition) is 0. The Labute approximate surface area is 178 Å². The third-order valence-corrected chi connectivity index (χ3v) is 5.43. The van der Waals surface area contributed by atoms with Crippen molar-refractivity contribution in [2.24, 2.45) is 0 Å². The minimum atomic E-state index is -0.307. The molecule has 2 aromatic rings. The number of rotatable bonds is 7. The summed E-state index contributed by atoms with van der Waals surface area (Å²) in [5, 5.41) is 0. The molecule has 0 bridgehead atoms. The van der Waals surface area contributed by atoms with Gasteiger partial charge in [0.1, 0.15) is 23.3 Å². The Balaban J connectivity index is 1.93. The van der Waals surface area contributed by atoms with E-state index in [0.29, 0.717) is 12.3 Å². The molecule has 0 saturated carbocycles. The Kier molecular flexibility index (Phi) is 7.00. The lowest BCUT2D eigenvalue weighted by atomic mass is 9.95. The molecule has 2 aromatic carbocycles. The van der Waals surface area contributed by atoms with Crippen molar-refractivity contribution in [3.8, 4) is 17.2 Å². The largest absolute Gasteiger partial charge is 0.496 e. The third-order valence-electron chi connectivity index (χ3n) is 5.43. The van der Waals surface area contributed by atoms with Crippen molar-refractivity contribution in [2.45, 2.75) is 12.5 Å². The van der Waals surface area contributed by atoms with Gasteiger partial charge in [-0.05, 0) is 17.6 Å². The average molecular weight is 411 g/mol. The Morgan fingerprint density at radius 3 is 2.10 bits per heavy atom. The van der Waals surface area contributed by atoms with E-state index in [1.807, 2.05) is 42.5 Å². The third kappa shape index (κ3) is 4.44. The van der Waals surface area contributed by atoms with Crippen molar-refractivity contribution >= 4 is 11.5 Å². The summed E-state index contributed by atoms with van der Waals surface area (Å²) in [5.74, 6) is 2.20. The first kappa shape index (κ1) is 21.7. The van der Waals surface area contributed by atoms with Crippen molar-refractivity contribution in [1.82, 2.24) is 9.80 Å². The van der Waals surface area contributed by atoms with Crippen molar-refractivity contribution in [1.29, 1.82) is 0 Å². The number of carbonyl (C=O) groups excluding carboxylic acids is 1. The highest BCUT2D eigenvalue weighted by atomic mass is 16.5. The van der Waals surface area contributed by atoms with Gasteiger partial charge in [0, 0.05) is 39.3 Å². The molecule has 6 heteroatoms. The summed E-state index contributed by atoms with van der Waals surface area (Å²) < 4.78 is 16.6. The molecule has 1 unspecified atom stereocenters. The van der Waals surface area contributed by atoms with Crippen LogP contribution in [-0.2, 0) is 4.79 Å². The van der Waals surface area contributed by atoms with E-state index in [1.165, 1.54) is 0 Å². The van der Waals surface area contributed by atoms with E-state index in [9.17, 15) is 4.79 Å². The lowest BCUT2D eigenvalue weighted by Crippen LogP contribution is -2.42. The molecule has 0 radical (unpaired) electrons. The summed E-state index contributed by atoms with van der Waals surface area (Å²) in [6, 6.07) is 13.4. The maximum atomic E-state index is 13.0. The Bertz CT molecular complexity index is 884. The summed E-state index contributed by atoms with van der Waals surface area (Å²) >= 11 is 0. The first-order valence-corrected chi connectivity index (χ1v) is 9.99. The summed E-state index contributed by atoms with van der Waals surface area (Å²) in [4.78, 5) is 16.8. The van der Waals surface area contributed by atoms with Crippen LogP contribution in [-0.4, -0.2) is 64.2 Å². The highest BCUT2D eigenvalue weighted by Crippen LogP contribution is 2.41. The van der Waals surface area contributed by atoms with E-state index in [4.69, 9.17) is 14.2 Å².